The smallest absolute Gasteiger partial charge is 0.0348 e. The largest absolute Gasteiger partial charge is 0.310 e. The van der Waals surface area contributed by atoms with Crippen LogP contribution in [0.1, 0.15) is 56.7 Å². The van der Waals surface area contributed by atoms with E-state index in [4.69, 9.17) is 0 Å². The van der Waals surface area contributed by atoms with Crippen LogP contribution in [-0.4, -0.2) is 6.54 Å². The Labute approximate surface area is 126 Å². The lowest BCUT2D eigenvalue weighted by molar-refractivity contribution is 0.225. The summed E-state index contributed by atoms with van der Waals surface area (Å²) in [6, 6.07) is 7.35. The molecule has 3 atom stereocenters. The van der Waals surface area contributed by atoms with Gasteiger partial charge in [0.25, 0.3) is 0 Å². The van der Waals surface area contributed by atoms with Crippen molar-refractivity contribution in [3.63, 3.8) is 0 Å². The molecule has 3 unspecified atom stereocenters. The van der Waals surface area contributed by atoms with Crippen LogP contribution in [0.4, 0.5) is 0 Å². The first-order chi connectivity index (χ1) is 9.11. The van der Waals surface area contributed by atoms with Crippen molar-refractivity contribution in [2.45, 2.75) is 52.5 Å². The van der Waals surface area contributed by atoms with E-state index < -0.39 is 0 Å². The monoisotopic (exact) mass is 323 g/mol. The molecular formula is C17H26BrN. The molecule has 1 aromatic carbocycles. The lowest BCUT2D eigenvalue weighted by atomic mass is 9.76. The van der Waals surface area contributed by atoms with Crippen molar-refractivity contribution in [3.05, 3.63) is 33.8 Å². The fraction of sp³-hybridized carbons (Fsp3) is 0.647. The number of aryl methyl sites for hydroxylation is 1. The van der Waals surface area contributed by atoms with Gasteiger partial charge in [0.1, 0.15) is 0 Å². The Morgan fingerprint density at radius 1 is 1.37 bits per heavy atom. The summed E-state index contributed by atoms with van der Waals surface area (Å²) in [4.78, 5) is 0. The van der Waals surface area contributed by atoms with Crippen LogP contribution in [0.3, 0.4) is 0 Å². The highest BCUT2D eigenvalue weighted by Crippen LogP contribution is 2.37. The Morgan fingerprint density at radius 2 is 2.16 bits per heavy atom. The molecule has 1 aliphatic rings. The molecular weight excluding hydrogens is 298 g/mol. The Kier molecular flexibility index (Phi) is 5.47. The maximum absolute atomic E-state index is 3.72. The molecule has 2 heteroatoms. The third-order valence-electron chi connectivity index (χ3n) is 4.41. The van der Waals surface area contributed by atoms with Crippen LogP contribution < -0.4 is 5.32 Å². The Morgan fingerprint density at radius 3 is 2.79 bits per heavy atom. The molecule has 0 amide bonds. The molecule has 0 aliphatic heterocycles. The molecule has 0 bridgehead atoms. The first kappa shape index (κ1) is 15.1. The number of hydrogen-bond acceptors (Lipinski definition) is 1. The Hall–Kier alpha value is -0.340. The number of hydrogen-bond donors (Lipinski definition) is 1. The van der Waals surface area contributed by atoms with Gasteiger partial charge in [-0.15, -0.1) is 0 Å². The SMILES string of the molecule is CCNC(c1ccc(Br)c(C)c1)C1CCCC(C)C1. The number of benzene rings is 1. The van der Waals surface area contributed by atoms with Gasteiger partial charge in [0.05, 0.1) is 0 Å². The van der Waals surface area contributed by atoms with Crippen molar-refractivity contribution >= 4 is 15.9 Å². The number of rotatable bonds is 4. The second-order valence-corrected chi connectivity index (χ2v) is 6.93. The summed E-state index contributed by atoms with van der Waals surface area (Å²) >= 11 is 3.60. The normalized spacial score (nSPS) is 25.3. The Balaban J connectivity index is 2.20. The second kappa shape index (κ2) is 6.90. The van der Waals surface area contributed by atoms with Crippen molar-refractivity contribution in [3.8, 4) is 0 Å². The summed E-state index contributed by atoms with van der Waals surface area (Å²) in [7, 11) is 0. The molecule has 0 radical (unpaired) electrons. The van der Waals surface area contributed by atoms with Gasteiger partial charge in [-0.05, 0) is 55.3 Å². The van der Waals surface area contributed by atoms with E-state index in [1.807, 2.05) is 0 Å². The van der Waals surface area contributed by atoms with Crippen molar-refractivity contribution in [1.29, 1.82) is 0 Å². The van der Waals surface area contributed by atoms with Crippen molar-refractivity contribution < 1.29 is 0 Å². The van der Waals surface area contributed by atoms with Crippen LogP contribution in [0.2, 0.25) is 0 Å². The summed E-state index contributed by atoms with van der Waals surface area (Å²) in [6.07, 6.45) is 5.54. The molecule has 0 saturated heterocycles. The van der Waals surface area contributed by atoms with Gasteiger partial charge in [0.15, 0.2) is 0 Å². The minimum atomic E-state index is 0.527. The van der Waals surface area contributed by atoms with Gasteiger partial charge >= 0.3 is 0 Å². The predicted molar refractivity (Wildman–Crippen MR) is 86.4 cm³/mol. The van der Waals surface area contributed by atoms with Gasteiger partial charge in [-0.2, -0.15) is 0 Å². The quantitative estimate of drug-likeness (QED) is 0.799. The lowest BCUT2D eigenvalue weighted by Gasteiger charge is -2.34. The molecule has 1 saturated carbocycles. The van der Waals surface area contributed by atoms with E-state index in [-0.39, 0.29) is 0 Å². The average molecular weight is 324 g/mol. The molecule has 2 rings (SSSR count). The molecule has 0 heterocycles. The third-order valence-corrected chi connectivity index (χ3v) is 5.30. The van der Waals surface area contributed by atoms with Crippen LogP contribution in [0.5, 0.6) is 0 Å². The lowest BCUT2D eigenvalue weighted by Crippen LogP contribution is -2.31. The van der Waals surface area contributed by atoms with Crippen LogP contribution in [0.25, 0.3) is 0 Å². The third kappa shape index (κ3) is 3.82. The van der Waals surface area contributed by atoms with E-state index in [9.17, 15) is 0 Å². The Bertz CT molecular complexity index is 416. The molecule has 1 nitrogen and oxygen atoms in total. The van der Waals surface area contributed by atoms with Gasteiger partial charge in [0.2, 0.25) is 0 Å². The van der Waals surface area contributed by atoms with E-state index in [0.717, 1.165) is 18.4 Å². The molecule has 0 aromatic heterocycles. The van der Waals surface area contributed by atoms with Crippen molar-refractivity contribution in [1.82, 2.24) is 5.32 Å². The van der Waals surface area contributed by atoms with Gasteiger partial charge < -0.3 is 5.32 Å². The fourth-order valence-electron chi connectivity index (χ4n) is 3.42. The van der Waals surface area contributed by atoms with Gasteiger partial charge in [-0.3, -0.25) is 0 Å². The standard InChI is InChI=1S/C17H26BrN/c1-4-19-17(14-7-5-6-12(2)10-14)15-8-9-16(18)13(3)11-15/h8-9,11-12,14,17,19H,4-7,10H2,1-3H3. The van der Waals surface area contributed by atoms with E-state index in [2.05, 4.69) is 60.2 Å². The zero-order chi connectivity index (χ0) is 13.8. The van der Waals surface area contributed by atoms with E-state index in [0.29, 0.717) is 6.04 Å². The molecule has 19 heavy (non-hydrogen) atoms. The summed E-state index contributed by atoms with van der Waals surface area (Å²) < 4.78 is 1.21. The zero-order valence-corrected chi connectivity index (χ0v) is 14.0. The first-order valence-corrected chi connectivity index (χ1v) is 8.40. The van der Waals surface area contributed by atoms with Crippen molar-refractivity contribution in [2.24, 2.45) is 11.8 Å². The van der Waals surface area contributed by atoms with E-state index in [1.165, 1.54) is 41.3 Å². The summed E-state index contributed by atoms with van der Waals surface area (Å²) in [6.45, 7) is 7.84. The zero-order valence-electron chi connectivity index (χ0n) is 12.4. The van der Waals surface area contributed by atoms with Crippen LogP contribution in [0.15, 0.2) is 22.7 Å². The highest BCUT2D eigenvalue weighted by Gasteiger charge is 2.27. The highest BCUT2D eigenvalue weighted by atomic mass is 79.9. The van der Waals surface area contributed by atoms with E-state index >= 15 is 0 Å². The van der Waals surface area contributed by atoms with E-state index in [1.54, 1.807) is 0 Å². The van der Waals surface area contributed by atoms with Crippen LogP contribution in [-0.2, 0) is 0 Å². The minimum Gasteiger partial charge on any atom is -0.310 e. The maximum atomic E-state index is 3.72. The summed E-state index contributed by atoms with van der Waals surface area (Å²) in [5.74, 6) is 1.68. The van der Waals surface area contributed by atoms with Crippen LogP contribution in [0, 0.1) is 18.8 Å². The molecule has 1 aliphatic carbocycles. The van der Waals surface area contributed by atoms with Gasteiger partial charge in [-0.25, -0.2) is 0 Å². The van der Waals surface area contributed by atoms with Gasteiger partial charge in [-0.1, -0.05) is 54.8 Å². The molecule has 1 aromatic rings. The van der Waals surface area contributed by atoms with Crippen molar-refractivity contribution in [2.75, 3.05) is 6.54 Å². The fourth-order valence-corrected chi connectivity index (χ4v) is 3.67. The number of nitrogens with one attached hydrogen (secondary N) is 1. The predicted octanol–water partition coefficient (Wildman–Crippen LogP) is 5.23. The summed E-state index contributed by atoms with van der Waals surface area (Å²) in [5.41, 5.74) is 2.80. The highest BCUT2D eigenvalue weighted by molar-refractivity contribution is 9.10. The molecule has 0 spiro atoms. The first-order valence-electron chi connectivity index (χ1n) is 7.61. The topological polar surface area (TPSA) is 12.0 Å². The molecule has 1 fully saturated rings. The van der Waals surface area contributed by atoms with Crippen LogP contribution >= 0.6 is 15.9 Å². The summed E-state index contributed by atoms with van der Waals surface area (Å²) in [5, 5.41) is 3.72. The minimum absolute atomic E-state index is 0.527. The maximum Gasteiger partial charge on any atom is 0.0348 e. The average Bonchev–Trinajstić information content (AvgIpc) is 2.39. The molecule has 1 N–H and O–H groups in total. The van der Waals surface area contributed by atoms with Gasteiger partial charge in [0, 0.05) is 10.5 Å². The number of halogens is 1. The second-order valence-electron chi connectivity index (χ2n) is 6.08. The molecule has 106 valence electrons.